The number of amides is 1. The first kappa shape index (κ1) is 29.3. The molecule has 0 fully saturated rings. The monoisotopic (exact) mass is 609 g/mol. The summed E-state index contributed by atoms with van der Waals surface area (Å²) >= 11 is 0. The Bertz CT molecular complexity index is 1910. The summed E-state index contributed by atoms with van der Waals surface area (Å²) < 4.78 is 103. The van der Waals surface area contributed by atoms with Crippen LogP contribution in [-0.2, 0) is 12.4 Å². The van der Waals surface area contributed by atoms with Gasteiger partial charge in [0, 0.05) is 30.1 Å². The number of fused-ring (bicyclic) bond motifs is 1. The van der Waals surface area contributed by atoms with Crippen molar-refractivity contribution in [2.24, 2.45) is 0 Å². The van der Waals surface area contributed by atoms with E-state index in [4.69, 9.17) is 4.74 Å². The van der Waals surface area contributed by atoms with Crippen molar-refractivity contribution < 1.29 is 40.3 Å². The summed E-state index contributed by atoms with van der Waals surface area (Å²) in [6, 6.07) is 6.39. The van der Waals surface area contributed by atoms with E-state index in [-0.39, 0.29) is 39.1 Å². The number of H-pyrrole nitrogens is 1. The molecule has 4 heterocycles. The summed E-state index contributed by atoms with van der Waals surface area (Å²) in [6.45, 7) is 3.49. The number of aromatic nitrogens is 6. The van der Waals surface area contributed by atoms with E-state index in [2.05, 4.69) is 25.4 Å². The molecular formula is C26H18F7N7O3. The van der Waals surface area contributed by atoms with Crippen molar-refractivity contribution >= 4 is 22.8 Å². The van der Waals surface area contributed by atoms with Crippen LogP contribution in [-0.4, -0.2) is 35.2 Å². The second-order valence-electron chi connectivity index (χ2n) is 9.30. The molecule has 0 aliphatic carbocycles. The van der Waals surface area contributed by atoms with Gasteiger partial charge in [-0.1, -0.05) is 6.07 Å². The van der Waals surface area contributed by atoms with E-state index in [9.17, 15) is 35.9 Å². The number of nitrogens with zero attached hydrogens (tertiary/aromatic N) is 5. The number of anilines is 1. The highest BCUT2D eigenvalue weighted by molar-refractivity contribution is 6.05. The van der Waals surface area contributed by atoms with Gasteiger partial charge >= 0.3 is 18.0 Å². The minimum atomic E-state index is -5.24. The van der Waals surface area contributed by atoms with Crippen LogP contribution in [0.25, 0.3) is 17.0 Å². The van der Waals surface area contributed by atoms with Crippen molar-refractivity contribution in [3.63, 3.8) is 0 Å². The maximum absolute atomic E-state index is 15.0. The normalized spacial score (nSPS) is 12.2. The minimum Gasteiger partial charge on any atom is -0.452 e. The highest BCUT2D eigenvalue weighted by Gasteiger charge is 2.41. The van der Waals surface area contributed by atoms with Gasteiger partial charge in [0.2, 0.25) is 0 Å². The van der Waals surface area contributed by atoms with E-state index in [1.54, 1.807) is 13.8 Å². The molecule has 5 aromatic rings. The molecule has 0 saturated heterocycles. The molecule has 4 aromatic heterocycles. The van der Waals surface area contributed by atoms with Gasteiger partial charge in [0.25, 0.3) is 5.91 Å². The number of hydrogen-bond donors (Lipinski definition) is 2. The Hall–Kier alpha value is -5.22. The molecule has 0 saturated carbocycles. The molecule has 17 heteroatoms. The predicted octanol–water partition coefficient (Wildman–Crippen LogP) is 6.11. The molecule has 0 spiro atoms. The average molecular weight is 609 g/mol. The fraction of sp³-hybridized carbons (Fsp3) is 0.192. The van der Waals surface area contributed by atoms with E-state index in [0.717, 1.165) is 30.3 Å². The topological polar surface area (TPSA) is 120 Å². The number of rotatable bonds is 6. The zero-order valence-corrected chi connectivity index (χ0v) is 21.9. The lowest BCUT2D eigenvalue weighted by Crippen LogP contribution is -2.21. The van der Waals surface area contributed by atoms with E-state index < -0.39 is 52.5 Å². The Morgan fingerprint density at radius 1 is 1.02 bits per heavy atom. The third kappa shape index (κ3) is 5.64. The third-order valence-corrected chi connectivity index (χ3v) is 6.02. The smallest absolute Gasteiger partial charge is 0.434 e. The van der Waals surface area contributed by atoms with Gasteiger partial charge in [0.15, 0.2) is 34.5 Å². The molecule has 1 amide bonds. The minimum absolute atomic E-state index is 0.0644. The highest BCUT2D eigenvalue weighted by Crippen LogP contribution is 2.36. The fourth-order valence-electron chi connectivity index (χ4n) is 4.24. The molecule has 224 valence electrons. The van der Waals surface area contributed by atoms with Crippen LogP contribution in [0.15, 0.2) is 59.7 Å². The van der Waals surface area contributed by atoms with Gasteiger partial charge in [-0.15, -0.1) is 0 Å². The standard InChI is InChI=1S/C26H18F7N7O3/c1-12(2)39-20-17(8-9-34-22(20)38-24(39)42)43-16-7-6-13(10-15(16)27)36-23(41)14-11-35-40(21(14)26(31,32)33)19-5-3-4-18(37-19)25(28,29)30/h3-12H,1-2H3,(H,36,41)(H,34,38,42). The second-order valence-corrected chi connectivity index (χ2v) is 9.30. The summed E-state index contributed by atoms with van der Waals surface area (Å²) in [5.74, 6) is -3.48. The summed E-state index contributed by atoms with van der Waals surface area (Å²) in [7, 11) is 0. The van der Waals surface area contributed by atoms with Gasteiger partial charge in [-0.3, -0.25) is 14.3 Å². The number of benzene rings is 1. The number of imidazole rings is 1. The molecular weight excluding hydrogens is 591 g/mol. The summed E-state index contributed by atoms with van der Waals surface area (Å²) in [4.78, 5) is 35.0. The second kappa shape index (κ2) is 10.6. The van der Waals surface area contributed by atoms with Crippen molar-refractivity contribution in [2.75, 3.05) is 5.32 Å². The van der Waals surface area contributed by atoms with Crippen LogP contribution in [0.3, 0.4) is 0 Å². The summed E-state index contributed by atoms with van der Waals surface area (Å²) in [5, 5.41) is 5.55. The lowest BCUT2D eigenvalue weighted by molar-refractivity contribution is -0.143. The first-order valence-electron chi connectivity index (χ1n) is 12.2. The zero-order valence-electron chi connectivity index (χ0n) is 21.9. The lowest BCUT2D eigenvalue weighted by Gasteiger charge is -2.14. The molecule has 10 nitrogen and oxygen atoms in total. The lowest BCUT2D eigenvalue weighted by atomic mass is 10.2. The molecule has 5 rings (SSSR count). The van der Waals surface area contributed by atoms with Gasteiger partial charge < -0.3 is 10.1 Å². The van der Waals surface area contributed by atoms with Gasteiger partial charge in [-0.25, -0.2) is 23.8 Å². The number of halogens is 7. The first-order valence-corrected chi connectivity index (χ1v) is 12.2. The maximum atomic E-state index is 15.0. The molecule has 1 aromatic carbocycles. The molecule has 0 atom stereocenters. The number of carbonyl (C=O) groups excluding carboxylic acids is 1. The van der Waals surface area contributed by atoms with Gasteiger partial charge in [0.1, 0.15) is 11.2 Å². The number of alkyl halides is 6. The van der Waals surface area contributed by atoms with Gasteiger partial charge in [0.05, 0.1) is 11.8 Å². The summed E-state index contributed by atoms with van der Waals surface area (Å²) in [6.07, 6.45) is -8.35. The van der Waals surface area contributed by atoms with Crippen LogP contribution in [0.2, 0.25) is 0 Å². The van der Waals surface area contributed by atoms with Crippen LogP contribution in [0, 0.1) is 5.82 Å². The number of ether oxygens (including phenoxy) is 1. The van der Waals surface area contributed by atoms with E-state index >= 15 is 4.39 Å². The van der Waals surface area contributed by atoms with Crippen LogP contribution in [0.5, 0.6) is 11.5 Å². The number of hydrogen-bond acceptors (Lipinski definition) is 6. The van der Waals surface area contributed by atoms with Crippen molar-refractivity contribution in [2.45, 2.75) is 32.2 Å². The van der Waals surface area contributed by atoms with Crippen LogP contribution in [0.1, 0.15) is 41.6 Å². The number of pyridine rings is 2. The molecule has 0 unspecified atom stereocenters. The maximum Gasteiger partial charge on any atom is 0.434 e. The van der Waals surface area contributed by atoms with Crippen LogP contribution in [0.4, 0.5) is 36.4 Å². The predicted molar refractivity (Wildman–Crippen MR) is 137 cm³/mol. The average Bonchev–Trinajstić information content (AvgIpc) is 3.52. The van der Waals surface area contributed by atoms with Crippen LogP contribution >= 0.6 is 0 Å². The Morgan fingerprint density at radius 2 is 1.77 bits per heavy atom. The molecule has 0 bridgehead atoms. The van der Waals surface area contributed by atoms with E-state index in [1.165, 1.54) is 16.8 Å². The Morgan fingerprint density at radius 3 is 2.42 bits per heavy atom. The van der Waals surface area contributed by atoms with Gasteiger partial charge in [-0.05, 0) is 38.1 Å². The molecule has 2 N–H and O–H groups in total. The number of carbonyl (C=O) groups is 1. The first-order chi connectivity index (χ1) is 20.1. The molecule has 0 aliphatic heterocycles. The number of nitrogens with one attached hydrogen (secondary N) is 2. The van der Waals surface area contributed by atoms with Crippen molar-refractivity contribution in [1.82, 2.24) is 29.3 Å². The molecule has 0 radical (unpaired) electrons. The summed E-state index contributed by atoms with van der Waals surface area (Å²) in [5.41, 5.74) is -4.47. The Kier molecular flexibility index (Phi) is 7.19. The van der Waals surface area contributed by atoms with Gasteiger partial charge in [-0.2, -0.15) is 31.4 Å². The zero-order chi connectivity index (χ0) is 31.3. The fourth-order valence-corrected chi connectivity index (χ4v) is 4.24. The number of aromatic amines is 1. The highest BCUT2D eigenvalue weighted by atomic mass is 19.4. The third-order valence-electron chi connectivity index (χ3n) is 6.02. The van der Waals surface area contributed by atoms with Crippen molar-refractivity contribution in [1.29, 1.82) is 0 Å². The SMILES string of the molecule is CC(C)n1c(=O)[nH]c2nccc(Oc3ccc(NC(=O)c4cnn(-c5cccc(C(F)(F)F)n5)c4C(F)(F)F)cc3F)c21. The van der Waals surface area contributed by atoms with Crippen molar-refractivity contribution in [3.8, 4) is 17.3 Å². The molecule has 43 heavy (non-hydrogen) atoms. The quantitative estimate of drug-likeness (QED) is 0.224. The van der Waals surface area contributed by atoms with Crippen LogP contribution < -0.4 is 15.7 Å². The molecule has 0 aliphatic rings. The Labute approximate surface area is 235 Å². The Balaban J connectivity index is 1.43. The van der Waals surface area contributed by atoms with E-state index in [1.807, 2.05) is 0 Å². The van der Waals surface area contributed by atoms with E-state index in [0.29, 0.717) is 12.3 Å². The largest absolute Gasteiger partial charge is 0.452 e. The van der Waals surface area contributed by atoms with Crippen molar-refractivity contribution in [3.05, 3.63) is 88.1 Å².